The molecule has 0 saturated carbocycles. The fourth-order valence-electron chi connectivity index (χ4n) is 2.19. The second-order valence-electron chi connectivity index (χ2n) is 5.27. The molecule has 0 aliphatic heterocycles. The van der Waals surface area contributed by atoms with Crippen LogP contribution in [0.4, 0.5) is 13.9 Å². The van der Waals surface area contributed by atoms with Gasteiger partial charge in [-0.05, 0) is 42.3 Å². The summed E-state index contributed by atoms with van der Waals surface area (Å²) in [6.45, 7) is 1.98. The third-order valence-corrected chi connectivity index (χ3v) is 5.82. The second-order valence-corrected chi connectivity index (χ2v) is 7.81. The van der Waals surface area contributed by atoms with Gasteiger partial charge in [-0.25, -0.2) is 22.2 Å². The molecular formula is C17H14F2N2O2S2. The van der Waals surface area contributed by atoms with E-state index in [1.807, 2.05) is 6.92 Å². The van der Waals surface area contributed by atoms with Crippen molar-refractivity contribution in [1.82, 2.24) is 4.98 Å². The summed E-state index contributed by atoms with van der Waals surface area (Å²) in [7, 11) is -3.76. The molecule has 4 nitrogen and oxygen atoms in total. The monoisotopic (exact) mass is 380 g/mol. The number of aromatic nitrogens is 1. The highest BCUT2D eigenvalue weighted by Gasteiger charge is 2.17. The average molecular weight is 380 g/mol. The molecule has 3 rings (SSSR count). The van der Waals surface area contributed by atoms with Crippen LogP contribution in [0.1, 0.15) is 12.5 Å². The van der Waals surface area contributed by atoms with Crippen LogP contribution in [0.15, 0.2) is 52.7 Å². The highest BCUT2D eigenvalue weighted by atomic mass is 32.2. The Morgan fingerprint density at radius 2 is 1.80 bits per heavy atom. The highest BCUT2D eigenvalue weighted by Crippen LogP contribution is 2.27. The molecule has 0 aliphatic rings. The zero-order valence-electron chi connectivity index (χ0n) is 13.2. The summed E-state index contributed by atoms with van der Waals surface area (Å²) >= 11 is 1.07. The largest absolute Gasteiger partial charge is 0.263 e. The average Bonchev–Trinajstić information content (AvgIpc) is 3.05. The molecule has 3 aromatic rings. The van der Waals surface area contributed by atoms with Crippen LogP contribution in [0.5, 0.6) is 0 Å². The number of aryl methyl sites for hydroxylation is 1. The van der Waals surface area contributed by atoms with Crippen molar-refractivity contribution < 1.29 is 17.2 Å². The number of nitrogens with zero attached hydrogens (tertiary/aromatic N) is 1. The minimum absolute atomic E-state index is 0.134. The molecular weight excluding hydrogens is 366 g/mol. The van der Waals surface area contributed by atoms with Gasteiger partial charge in [0.15, 0.2) is 16.8 Å². The first kappa shape index (κ1) is 17.5. The molecule has 0 amide bonds. The van der Waals surface area contributed by atoms with Crippen molar-refractivity contribution in [1.29, 1.82) is 0 Å². The van der Waals surface area contributed by atoms with Gasteiger partial charge in [-0.2, -0.15) is 0 Å². The molecule has 0 unspecified atom stereocenters. The third-order valence-electron chi connectivity index (χ3n) is 3.58. The normalized spacial score (nSPS) is 11.5. The molecule has 1 heterocycles. The Labute approximate surface area is 148 Å². The summed E-state index contributed by atoms with van der Waals surface area (Å²) < 4.78 is 53.5. The Morgan fingerprint density at radius 3 is 2.44 bits per heavy atom. The van der Waals surface area contributed by atoms with E-state index < -0.39 is 21.7 Å². The van der Waals surface area contributed by atoms with E-state index in [0.29, 0.717) is 11.3 Å². The van der Waals surface area contributed by atoms with Crippen LogP contribution in [0.25, 0.3) is 11.3 Å². The summed E-state index contributed by atoms with van der Waals surface area (Å²) in [4.78, 5) is 4.27. The molecule has 0 spiro atoms. The zero-order valence-corrected chi connectivity index (χ0v) is 14.8. The first-order chi connectivity index (χ1) is 11.9. The first-order valence-corrected chi connectivity index (χ1v) is 9.78. The van der Waals surface area contributed by atoms with Crippen LogP contribution in [-0.2, 0) is 16.4 Å². The Balaban J connectivity index is 1.83. The smallest absolute Gasteiger partial charge is 0.255 e. The Morgan fingerprint density at radius 1 is 1.08 bits per heavy atom. The number of nitrogens with one attached hydrogen (secondary N) is 1. The van der Waals surface area contributed by atoms with Gasteiger partial charge in [0.2, 0.25) is 0 Å². The van der Waals surface area contributed by atoms with E-state index in [2.05, 4.69) is 9.71 Å². The number of hydrogen-bond donors (Lipinski definition) is 1. The van der Waals surface area contributed by atoms with Gasteiger partial charge < -0.3 is 0 Å². The molecule has 1 N–H and O–H groups in total. The quantitative estimate of drug-likeness (QED) is 0.711. The van der Waals surface area contributed by atoms with Gasteiger partial charge in [-0.3, -0.25) is 4.72 Å². The van der Waals surface area contributed by atoms with Crippen molar-refractivity contribution in [3.8, 4) is 11.3 Å². The summed E-state index contributed by atoms with van der Waals surface area (Å²) in [5.74, 6) is -1.93. The maximum absolute atomic E-state index is 13.3. The van der Waals surface area contributed by atoms with Crippen LogP contribution in [-0.4, -0.2) is 13.4 Å². The number of benzene rings is 2. The lowest BCUT2D eigenvalue weighted by Crippen LogP contribution is -2.12. The number of rotatable bonds is 5. The summed E-state index contributed by atoms with van der Waals surface area (Å²) in [6.07, 6.45) is 0.817. The van der Waals surface area contributed by atoms with Gasteiger partial charge in [0.05, 0.1) is 10.6 Å². The van der Waals surface area contributed by atoms with Crippen molar-refractivity contribution in [2.75, 3.05) is 4.72 Å². The number of hydrogen-bond acceptors (Lipinski definition) is 4. The molecule has 130 valence electrons. The van der Waals surface area contributed by atoms with Crippen molar-refractivity contribution in [2.24, 2.45) is 0 Å². The fourth-order valence-corrected chi connectivity index (χ4v) is 4.16. The van der Waals surface area contributed by atoms with Crippen molar-refractivity contribution >= 4 is 26.5 Å². The number of anilines is 1. The summed E-state index contributed by atoms with van der Waals surface area (Å²) in [5.41, 5.74) is 1.77. The van der Waals surface area contributed by atoms with E-state index >= 15 is 0 Å². The van der Waals surface area contributed by atoms with Gasteiger partial charge in [0.1, 0.15) is 0 Å². The van der Waals surface area contributed by atoms with Crippen molar-refractivity contribution in [3.05, 3.63) is 65.0 Å². The fraction of sp³-hybridized carbons (Fsp3) is 0.118. The lowest BCUT2D eigenvalue weighted by atomic mass is 10.2. The third kappa shape index (κ3) is 3.85. The Bertz CT molecular complexity index is 1000. The summed E-state index contributed by atoms with van der Waals surface area (Å²) in [6, 6.07) is 9.98. The van der Waals surface area contributed by atoms with Crippen molar-refractivity contribution in [2.45, 2.75) is 18.2 Å². The van der Waals surface area contributed by atoms with Gasteiger partial charge >= 0.3 is 0 Å². The predicted molar refractivity (Wildman–Crippen MR) is 94.1 cm³/mol. The van der Waals surface area contributed by atoms with Gasteiger partial charge in [-0.15, -0.1) is 11.3 Å². The SMILES string of the molecule is CCc1ccc(S(=O)(=O)Nc2nc(-c3ccc(F)c(F)c3)cs2)cc1. The molecule has 2 aromatic carbocycles. The molecule has 0 aliphatic carbocycles. The minimum Gasteiger partial charge on any atom is -0.255 e. The van der Waals surface area contributed by atoms with Crippen LogP contribution >= 0.6 is 11.3 Å². The number of sulfonamides is 1. The van der Waals surface area contributed by atoms with E-state index in [4.69, 9.17) is 0 Å². The van der Waals surface area contributed by atoms with Gasteiger partial charge in [0.25, 0.3) is 10.0 Å². The summed E-state index contributed by atoms with van der Waals surface area (Å²) in [5, 5.41) is 1.73. The van der Waals surface area contributed by atoms with Gasteiger partial charge in [0, 0.05) is 10.9 Å². The molecule has 0 saturated heterocycles. The number of halogens is 2. The van der Waals surface area contributed by atoms with E-state index in [-0.39, 0.29) is 10.0 Å². The maximum Gasteiger partial charge on any atom is 0.263 e. The van der Waals surface area contributed by atoms with E-state index in [1.165, 1.54) is 18.2 Å². The lowest BCUT2D eigenvalue weighted by molar-refractivity contribution is 0.509. The predicted octanol–water partition coefficient (Wildman–Crippen LogP) is 4.45. The lowest BCUT2D eigenvalue weighted by Gasteiger charge is -2.06. The van der Waals surface area contributed by atoms with E-state index in [0.717, 1.165) is 35.5 Å². The van der Waals surface area contributed by atoms with E-state index in [1.54, 1.807) is 17.5 Å². The molecule has 25 heavy (non-hydrogen) atoms. The number of thiazole rings is 1. The Kier molecular flexibility index (Phi) is 4.82. The molecule has 0 atom stereocenters. The minimum atomic E-state index is -3.76. The molecule has 8 heteroatoms. The second kappa shape index (κ2) is 6.89. The van der Waals surface area contributed by atoms with Crippen molar-refractivity contribution in [3.63, 3.8) is 0 Å². The topological polar surface area (TPSA) is 59.1 Å². The molecule has 1 aromatic heterocycles. The standard InChI is InChI=1S/C17H14F2N2O2S2/c1-2-11-3-6-13(7-4-11)25(22,23)21-17-20-16(10-24-17)12-5-8-14(18)15(19)9-12/h3-10H,2H2,1H3,(H,20,21). The first-order valence-electron chi connectivity index (χ1n) is 7.42. The zero-order chi connectivity index (χ0) is 18.0. The highest BCUT2D eigenvalue weighted by molar-refractivity contribution is 7.93. The van der Waals surface area contributed by atoms with Gasteiger partial charge in [-0.1, -0.05) is 19.1 Å². The van der Waals surface area contributed by atoms with Crippen LogP contribution < -0.4 is 4.72 Å². The van der Waals surface area contributed by atoms with E-state index in [9.17, 15) is 17.2 Å². The maximum atomic E-state index is 13.3. The molecule has 0 radical (unpaired) electrons. The van der Waals surface area contributed by atoms with Crippen LogP contribution in [0.2, 0.25) is 0 Å². The molecule has 0 bridgehead atoms. The van der Waals surface area contributed by atoms with Crippen LogP contribution in [0, 0.1) is 11.6 Å². The van der Waals surface area contributed by atoms with Crippen LogP contribution in [0.3, 0.4) is 0 Å². The molecule has 0 fully saturated rings. The Hall–Kier alpha value is -2.32.